The maximum Gasteiger partial charge on any atom is 0.272 e. The highest BCUT2D eigenvalue weighted by Crippen LogP contribution is 2.39. The van der Waals surface area contributed by atoms with E-state index in [0.717, 1.165) is 6.07 Å². The Morgan fingerprint density at radius 3 is 2.58 bits per heavy atom. The fourth-order valence-electron chi connectivity index (χ4n) is 3.93. The summed E-state index contributed by atoms with van der Waals surface area (Å²) >= 11 is 0. The number of nitrogens with zero attached hydrogens (tertiary/aromatic N) is 4. The molecule has 2 aromatic heterocycles. The Balaban J connectivity index is 1.74. The minimum Gasteiger partial charge on any atom is -0.471 e. The molecule has 1 aliphatic heterocycles. The van der Waals surface area contributed by atoms with E-state index in [0.29, 0.717) is 0 Å². The van der Waals surface area contributed by atoms with Gasteiger partial charge in [-0.1, -0.05) is 18.2 Å². The summed E-state index contributed by atoms with van der Waals surface area (Å²) in [4.78, 5) is 25.7. The number of alkyl halides is 4. The van der Waals surface area contributed by atoms with E-state index in [4.69, 9.17) is 4.74 Å². The molecule has 1 aliphatic rings. The van der Waals surface area contributed by atoms with Crippen molar-refractivity contribution in [2.75, 3.05) is 25.0 Å². The first-order valence-electron chi connectivity index (χ1n) is 10.9. The molecule has 0 spiro atoms. The first-order valence-corrected chi connectivity index (χ1v) is 10.9. The van der Waals surface area contributed by atoms with Crippen molar-refractivity contribution < 1.29 is 36.6 Å². The number of hydrogen-bond donors (Lipinski definition) is 2. The Hall–Kier alpha value is -3.61. The summed E-state index contributed by atoms with van der Waals surface area (Å²) in [7, 11) is 0. The molecule has 1 aromatic carbocycles. The molecule has 1 amide bonds. The lowest BCUT2D eigenvalue weighted by molar-refractivity contribution is -0.155. The van der Waals surface area contributed by atoms with Crippen molar-refractivity contribution in [3.8, 4) is 5.88 Å². The monoisotopic (exact) mass is 511 g/mol. The third-order valence-electron chi connectivity index (χ3n) is 5.75. The van der Waals surface area contributed by atoms with E-state index in [2.05, 4.69) is 20.3 Å². The van der Waals surface area contributed by atoms with E-state index >= 15 is 0 Å². The molecule has 1 fully saturated rings. The molecule has 1 saturated heterocycles. The van der Waals surface area contributed by atoms with Crippen LogP contribution in [0.5, 0.6) is 5.88 Å². The molecule has 4 rings (SSSR count). The molecule has 36 heavy (non-hydrogen) atoms. The van der Waals surface area contributed by atoms with E-state index in [1.54, 1.807) is 6.92 Å². The molecule has 13 heteroatoms. The number of likely N-dealkylation sites (tertiary alicyclic amines) is 1. The highest BCUT2D eigenvalue weighted by Gasteiger charge is 2.46. The largest absolute Gasteiger partial charge is 0.471 e. The van der Waals surface area contributed by atoms with Crippen LogP contribution in [0.1, 0.15) is 35.9 Å². The number of pyridine rings is 1. The Morgan fingerprint density at radius 1 is 1.22 bits per heavy atom. The molecular weight excluding hydrogens is 489 g/mol. The number of carbonyl (C=O) groups is 1. The maximum atomic E-state index is 14.5. The number of benzene rings is 1. The zero-order valence-electron chi connectivity index (χ0n) is 19.2. The molecule has 8 nitrogen and oxygen atoms in total. The summed E-state index contributed by atoms with van der Waals surface area (Å²) in [5.41, 5.74) is -2.28. The van der Waals surface area contributed by atoms with Crippen molar-refractivity contribution >= 4 is 22.8 Å². The topological polar surface area (TPSA) is 100 Å². The average Bonchev–Trinajstić information content (AvgIpc) is 2.78. The number of rotatable bonds is 8. The zero-order chi connectivity index (χ0) is 26.2. The minimum absolute atomic E-state index is 0.0305. The Labute approximate surface area is 202 Å². The van der Waals surface area contributed by atoms with Gasteiger partial charge in [0.25, 0.3) is 12.9 Å². The highest BCUT2D eigenvalue weighted by molar-refractivity contribution is 5.88. The Kier molecular flexibility index (Phi) is 6.94. The second-order valence-corrected chi connectivity index (χ2v) is 8.42. The molecule has 3 heterocycles. The smallest absolute Gasteiger partial charge is 0.272 e. The lowest BCUT2D eigenvalue weighted by Crippen LogP contribution is -2.60. The van der Waals surface area contributed by atoms with E-state index < -0.39 is 36.4 Å². The summed E-state index contributed by atoms with van der Waals surface area (Å²) in [6.45, 7) is 1.46. The Bertz CT molecular complexity index is 1300. The second kappa shape index (κ2) is 9.80. The van der Waals surface area contributed by atoms with Gasteiger partial charge in [-0.05, 0) is 13.0 Å². The first kappa shape index (κ1) is 25.5. The van der Waals surface area contributed by atoms with Gasteiger partial charge in [-0.25, -0.2) is 31.9 Å². The highest BCUT2D eigenvalue weighted by atomic mass is 19.3. The third-order valence-corrected chi connectivity index (χ3v) is 5.75. The van der Waals surface area contributed by atoms with Crippen molar-refractivity contribution in [2.24, 2.45) is 0 Å². The second-order valence-electron chi connectivity index (χ2n) is 8.42. The van der Waals surface area contributed by atoms with Gasteiger partial charge in [0.05, 0.1) is 29.6 Å². The first-order chi connectivity index (χ1) is 17.0. The number of ether oxygens (including phenoxy) is 1. The van der Waals surface area contributed by atoms with E-state index in [-0.39, 0.29) is 65.2 Å². The number of aryl methyl sites for hydroxylation is 1. The number of carbonyl (C=O) groups excluding carboxylic acids is 1. The van der Waals surface area contributed by atoms with Crippen LogP contribution < -0.4 is 10.1 Å². The molecular formula is C23H22F5N5O3. The maximum absolute atomic E-state index is 14.5. The number of halogens is 5. The van der Waals surface area contributed by atoms with Crippen LogP contribution in [0.15, 0.2) is 24.3 Å². The summed E-state index contributed by atoms with van der Waals surface area (Å²) in [5, 5.41) is 14.2. The molecule has 0 unspecified atom stereocenters. The number of nitrogens with one attached hydrogen (secondary N) is 1. The van der Waals surface area contributed by atoms with Crippen LogP contribution in [-0.4, -0.2) is 57.0 Å². The van der Waals surface area contributed by atoms with Gasteiger partial charge in [-0.3, -0.25) is 4.79 Å². The quantitative estimate of drug-likeness (QED) is 0.445. The lowest BCUT2D eigenvalue weighted by Gasteiger charge is -2.46. The van der Waals surface area contributed by atoms with Gasteiger partial charge < -0.3 is 20.1 Å². The number of β-amino-alcohol motifs (C(OH)–C–C–N with tert-alkyl or cyclic N) is 1. The zero-order valence-corrected chi connectivity index (χ0v) is 19.2. The lowest BCUT2D eigenvalue weighted by atomic mass is 9.86. The van der Waals surface area contributed by atoms with Gasteiger partial charge in [0.15, 0.2) is 12.3 Å². The van der Waals surface area contributed by atoms with Crippen molar-refractivity contribution in [1.82, 2.24) is 19.9 Å². The minimum atomic E-state index is -2.98. The summed E-state index contributed by atoms with van der Waals surface area (Å²) in [5.74, 6) is -1.22. The fraction of sp³-hybridized carbons (Fsp3) is 0.391. The summed E-state index contributed by atoms with van der Waals surface area (Å²) in [6, 6.07) is 5.06. The Morgan fingerprint density at radius 2 is 1.94 bits per heavy atom. The van der Waals surface area contributed by atoms with Crippen molar-refractivity contribution in [1.29, 1.82) is 0 Å². The number of aliphatic hydroxyl groups is 1. The van der Waals surface area contributed by atoms with Crippen LogP contribution in [0.3, 0.4) is 0 Å². The van der Waals surface area contributed by atoms with Crippen LogP contribution in [0.4, 0.5) is 27.8 Å². The third kappa shape index (κ3) is 5.01. The average molecular weight is 511 g/mol. The summed E-state index contributed by atoms with van der Waals surface area (Å²) in [6.07, 6.45) is -5.79. The van der Waals surface area contributed by atoms with Gasteiger partial charge in [0.1, 0.15) is 23.1 Å². The number of anilines is 1. The number of hydrogen-bond acceptors (Lipinski definition) is 7. The normalized spacial score (nSPS) is 14.9. The van der Waals surface area contributed by atoms with Crippen LogP contribution >= 0.6 is 0 Å². The predicted molar refractivity (Wildman–Crippen MR) is 118 cm³/mol. The van der Waals surface area contributed by atoms with Crippen molar-refractivity contribution in [3.05, 3.63) is 52.6 Å². The standard InChI is InChI=1S/C23H22F5N5O3/c1-11-30-20(29-7-13-4-3-5-14(18(13)26)19(27)28)15-6-16(23(35)9-33(10-23)12(2)34)22(32-21(15)31-11)36-8-17(24)25/h3-6,17,19,35H,7-10H2,1-2H3,(H,29,30,31,32). The molecule has 0 radical (unpaired) electrons. The number of aromatic nitrogens is 3. The molecule has 0 saturated carbocycles. The molecule has 0 atom stereocenters. The van der Waals surface area contributed by atoms with E-state index in [1.807, 2.05) is 0 Å². The molecule has 3 aromatic rings. The van der Waals surface area contributed by atoms with E-state index in [9.17, 15) is 31.9 Å². The summed E-state index contributed by atoms with van der Waals surface area (Å²) < 4.78 is 71.5. The molecule has 0 bridgehead atoms. The molecule has 192 valence electrons. The van der Waals surface area contributed by atoms with Gasteiger partial charge >= 0.3 is 0 Å². The van der Waals surface area contributed by atoms with Crippen LogP contribution in [0.25, 0.3) is 11.0 Å². The van der Waals surface area contributed by atoms with Crippen LogP contribution in [-0.2, 0) is 16.9 Å². The number of fused-ring (bicyclic) bond motifs is 1. The van der Waals surface area contributed by atoms with Crippen molar-refractivity contribution in [2.45, 2.75) is 38.8 Å². The number of amides is 1. The van der Waals surface area contributed by atoms with Crippen LogP contribution in [0.2, 0.25) is 0 Å². The van der Waals surface area contributed by atoms with Gasteiger partial charge in [0.2, 0.25) is 11.8 Å². The van der Waals surface area contributed by atoms with E-state index in [1.165, 1.54) is 30.0 Å². The molecule has 2 N–H and O–H groups in total. The SMILES string of the molecule is CC(=O)N1CC(O)(c2cc3c(NCc4cccc(C(F)F)c4F)nc(C)nc3nc2OCC(F)F)C1. The van der Waals surface area contributed by atoms with Crippen LogP contribution in [0, 0.1) is 12.7 Å². The molecule has 0 aliphatic carbocycles. The van der Waals surface area contributed by atoms with Crippen molar-refractivity contribution in [3.63, 3.8) is 0 Å². The van der Waals surface area contributed by atoms with Gasteiger partial charge in [0, 0.05) is 19.0 Å². The predicted octanol–water partition coefficient (Wildman–Crippen LogP) is 3.72. The fourth-order valence-corrected chi connectivity index (χ4v) is 3.93. The van der Waals surface area contributed by atoms with Gasteiger partial charge in [-0.2, -0.15) is 4.98 Å². The van der Waals surface area contributed by atoms with Gasteiger partial charge in [-0.15, -0.1) is 0 Å².